The standard InChI is InChI=1S/C17H24N4O3/c1-2-19-5-7-20(8-6-19)17(23)15-13-14(3-4-18-15)16(22)21-9-11-24-12-10-21/h3-4,13H,2,5-12H2,1H3. The molecule has 3 heterocycles. The zero-order valence-electron chi connectivity index (χ0n) is 14.1. The quantitative estimate of drug-likeness (QED) is 0.798. The fourth-order valence-corrected chi connectivity index (χ4v) is 3.06. The molecule has 0 unspecified atom stereocenters. The Labute approximate surface area is 142 Å². The minimum absolute atomic E-state index is 0.0643. The second-order valence-electron chi connectivity index (χ2n) is 6.06. The van der Waals surface area contributed by atoms with Gasteiger partial charge in [-0.15, -0.1) is 0 Å². The maximum absolute atomic E-state index is 12.6. The van der Waals surface area contributed by atoms with Crippen LogP contribution < -0.4 is 0 Å². The molecule has 0 aliphatic carbocycles. The second kappa shape index (κ2) is 7.72. The molecule has 1 aromatic rings. The minimum Gasteiger partial charge on any atom is -0.378 e. The molecular weight excluding hydrogens is 308 g/mol. The van der Waals surface area contributed by atoms with E-state index < -0.39 is 0 Å². The number of nitrogens with zero attached hydrogens (tertiary/aromatic N) is 4. The molecule has 130 valence electrons. The van der Waals surface area contributed by atoms with Gasteiger partial charge in [0, 0.05) is 51.0 Å². The number of hydrogen-bond acceptors (Lipinski definition) is 5. The number of carbonyl (C=O) groups excluding carboxylic acids is 2. The van der Waals surface area contributed by atoms with Crippen molar-refractivity contribution >= 4 is 11.8 Å². The van der Waals surface area contributed by atoms with Crippen LogP contribution in [0.5, 0.6) is 0 Å². The smallest absolute Gasteiger partial charge is 0.272 e. The van der Waals surface area contributed by atoms with Crippen molar-refractivity contribution in [3.05, 3.63) is 29.6 Å². The zero-order valence-corrected chi connectivity index (χ0v) is 14.1. The molecule has 3 rings (SSSR count). The first-order valence-electron chi connectivity index (χ1n) is 8.53. The van der Waals surface area contributed by atoms with Crippen LogP contribution >= 0.6 is 0 Å². The van der Waals surface area contributed by atoms with Crippen LogP contribution in [-0.4, -0.2) is 90.5 Å². The summed E-state index contributed by atoms with van der Waals surface area (Å²) in [4.78, 5) is 35.3. The predicted octanol–water partition coefficient (Wildman–Crippen LogP) is 0.332. The van der Waals surface area contributed by atoms with E-state index in [1.807, 2.05) is 4.90 Å². The molecule has 1 aromatic heterocycles. The number of piperazine rings is 1. The molecule has 7 heteroatoms. The first kappa shape index (κ1) is 16.9. The summed E-state index contributed by atoms with van der Waals surface area (Å²) in [5.41, 5.74) is 0.863. The van der Waals surface area contributed by atoms with E-state index in [0.717, 1.165) is 19.6 Å². The summed E-state index contributed by atoms with van der Waals surface area (Å²) in [6, 6.07) is 3.29. The second-order valence-corrected chi connectivity index (χ2v) is 6.06. The van der Waals surface area contributed by atoms with Crippen molar-refractivity contribution in [1.82, 2.24) is 19.7 Å². The Morgan fingerprint density at radius 1 is 1.04 bits per heavy atom. The van der Waals surface area contributed by atoms with Crippen LogP contribution in [0.4, 0.5) is 0 Å². The third-order valence-electron chi connectivity index (χ3n) is 4.63. The van der Waals surface area contributed by atoms with E-state index in [1.54, 1.807) is 23.2 Å². The van der Waals surface area contributed by atoms with Gasteiger partial charge in [0.25, 0.3) is 11.8 Å². The Morgan fingerprint density at radius 2 is 1.71 bits per heavy atom. The van der Waals surface area contributed by atoms with Crippen molar-refractivity contribution in [2.45, 2.75) is 6.92 Å². The molecule has 7 nitrogen and oxygen atoms in total. The fraction of sp³-hybridized carbons (Fsp3) is 0.588. The van der Waals surface area contributed by atoms with E-state index in [1.165, 1.54) is 0 Å². The lowest BCUT2D eigenvalue weighted by molar-refractivity contribution is 0.0302. The summed E-state index contributed by atoms with van der Waals surface area (Å²) in [5.74, 6) is -0.159. The number of likely N-dealkylation sites (N-methyl/N-ethyl adjacent to an activating group) is 1. The molecule has 2 aliphatic rings. The van der Waals surface area contributed by atoms with Crippen LogP contribution in [0.1, 0.15) is 27.8 Å². The van der Waals surface area contributed by atoms with Crippen molar-refractivity contribution in [2.24, 2.45) is 0 Å². The van der Waals surface area contributed by atoms with E-state index in [0.29, 0.717) is 50.7 Å². The van der Waals surface area contributed by atoms with Crippen molar-refractivity contribution in [3.63, 3.8) is 0 Å². The Hall–Kier alpha value is -1.99. The lowest BCUT2D eigenvalue weighted by Crippen LogP contribution is -2.48. The third-order valence-corrected chi connectivity index (χ3v) is 4.63. The van der Waals surface area contributed by atoms with Crippen molar-refractivity contribution < 1.29 is 14.3 Å². The molecule has 2 aliphatic heterocycles. The monoisotopic (exact) mass is 332 g/mol. The normalized spacial score (nSPS) is 19.4. The number of pyridine rings is 1. The van der Waals surface area contributed by atoms with E-state index in [4.69, 9.17) is 4.74 Å². The van der Waals surface area contributed by atoms with Gasteiger partial charge in [0.15, 0.2) is 0 Å². The van der Waals surface area contributed by atoms with Gasteiger partial charge in [0.2, 0.25) is 0 Å². The fourth-order valence-electron chi connectivity index (χ4n) is 3.06. The average Bonchev–Trinajstić information content (AvgIpc) is 2.67. The van der Waals surface area contributed by atoms with Crippen molar-refractivity contribution in [3.8, 4) is 0 Å². The highest BCUT2D eigenvalue weighted by Gasteiger charge is 2.24. The van der Waals surface area contributed by atoms with Gasteiger partial charge >= 0.3 is 0 Å². The van der Waals surface area contributed by atoms with Gasteiger partial charge < -0.3 is 19.4 Å². The number of rotatable bonds is 3. The van der Waals surface area contributed by atoms with E-state index >= 15 is 0 Å². The molecular formula is C17H24N4O3. The highest BCUT2D eigenvalue weighted by molar-refractivity contribution is 5.98. The number of amides is 2. The number of aromatic nitrogens is 1. The molecule has 2 saturated heterocycles. The first-order valence-corrected chi connectivity index (χ1v) is 8.53. The van der Waals surface area contributed by atoms with Crippen LogP contribution in [-0.2, 0) is 4.74 Å². The van der Waals surface area contributed by atoms with Crippen molar-refractivity contribution in [2.75, 3.05) is 59.0 Å². The van der Waals surface area contributed by atoms with Gasteiger partial charge in [-0.1, -0.05) is 6.92 Å². The molecule has 0 saturated carbocycles. The molecule has 0 aromatic carbocycles. The summed E-state index contributed by atoms with van der Waals surface area (Å²) in [6.45, 7) is 8.60. The first-order chi connectivity index (χ1) is 11.7. The number of ether oxygens (including phenoxy) is 1. The number of morpholine rings is 1. The number of carbonyl (C=O) groups is 2. The topological polar surface area (TPSA) is 66.0 Å². The summed E-state index contributed by atoms with van der Waals surface area (Å²) >= 11 is 0. The Bertz CT molecular complexity index is 593. The van der Waals surface area contributed by atoms with Gasteiger partial charge in [-0.05, 0) is 18.7 Å². The third kappa shape index (κ3) is 3.73. The SMILES string of the molecule is CCN1CCN(C(=O)c2cc(C(=O)N3CCOCC3)ccn2)CC1. The average molecular weight is 332 g/mol. The lowest BCUT2D eigenvalue weighted by atomic mass is 10.1. The molecule has 0 N–H and O–H groups in total. The lowest BCUT2D eigenvalue weighted by Gasteiger charge is -2.33. The van der Waals surface area contributed by atoms with Gasteiger partial charge in [-0.3, -0.25) is 14.6 Å². The van der Waals surface area contributed by atoms with Gasteiger partial charge in [-0.2, -0.15) is 0 Å². The van der Waals surface area contributed by atoms with E-state index in [2.05, 4.69) is 16.8 Å². The molecule has 0 radical (unpaired) electrons. The Balaban J connectivity index is 1.68. The predicted molar refractivity (Wildman–Crippen MR) is 89.0 cm³/mol. The van der Waals surface area contributed by atoms with Gasteiger partial charge in [0.1, 0.15) is 5.69 Å². The molecule has 0 spiro atoms. The van der Waals surface area contributed by atoms with E-state index in [-0.39, 0.29) is 11.8 Å². The van der Waals surface area contributed by atoms with Crippen LogP contribution in [0.3, 0.4) is 0 Å². The summed E-state index contributed by atoms with van der Waals surface area (Å²) in [7, 11) is 0. The van der Waals surface area contributed by atoms with Crippen LogP contribution in [0.15, 0.2) is 18.3 Å². The Morgan fingerprint density at radius 3 is 2.38 bits per heavy atom. The van der Waals surface area contributed by atoms with Gasteiger partial charge in [-0.25, -0.2) is 0 Å². The summed E-state index contributed by atoms with van der Waals surface area (Å²) < 4.78 is 5.27. The maximum atomic E-state index is 12.6. The summed E-state index contributed by atoms with van der Waals surface area (Å²) in [6.07, 6.45) is 1.54. The molecule has 24 heavy (non-hydrogen) atoms. The van der Waals surface area contributed by atoms with Crippen LogP contribution in [0.2, 0.25) is 0 Å². The highest BCUT2D eigenvalue weighted by Crippen LogP contribution is 2.11. The maximum Gasteiger partial charge on any atom is 0.272 e. The zero-order chi connectivity index (χ0) is 16.9. The largest absolute Gasteiger partial charge is 0.378 e. The molecule has 2 amide bonds. The number of hydrogen-bond donors (Lipinski definition) is 0. The van der Waals surface area contributed by atoms with Crippen molar-refractivity contribution in [1.29, 1.82) is 0 Å². The van der Waals surface area contributed by atoms with E-state index in [9.17, 15) is 9.59 Å². The molecule has 2 fully saturated rings. The highest BCUT2D eigenvalue weighted by atomic mass is 16.5. The van der Waals surface area contributed by atoms with Crippen LogP contribution in [0, 0.1) is 0 Å². The molecule has 0 bridgehead atoms. The van der Waals surface area contributed by atoms with Crippen LogP contribution in [0.25, 0.3) is 0 Å². The van der Waals surface area contributed by atoms with Gasteiger partial charge in [0.05, 0.1) is 13.2 Å². The Kier molecular flexibility index (Phi) is 5.42. The minimum atomic E-state index is -0.0950. The molecule has 0 atom stereocenters. The summed E-state index contributed by atoms with van der Waals surface area (Å²) in [5, 5.41) is 0.